The van der Waals surface area contributed by atoms with Crippen LogP contribution >= 0.6 is 0 Å². The Morgan fingerprint density at radius 2 is 2.11 bits per heavy atom. The second kappa shape index (κ2) is 6.90. The Morgan fingerprint density at radius 1 is 1.33 bits per heavy atom. The van der Waals surface area contributed by atoms with Crippen molar-refractivity contribution in [3.8, 4) is 12.3 Å². The summed E-state index contributed by atoms with van der Waals surface area (Å²) in [6.07, 6.45) is 7.50. The molecule has 136 valence electrons. The predicted octanol–water partition coefficient (Wildman–Crippen LogP) is 2.85. The number of aromatic amines is 1. The van der Waals surface area contributed by atoms with E-state index in [1.165, 1.54) is 11.1 Å². The average Bonchev–Trinajstić information content (AvgIpc) is 3.08. The zero-order chi connectivity index (χ0) is 19.0. The quantitative estimate of drug-likeness (QED) is 0.703. The SMILES string of the molecule is C#CCN(c1ccc(C)cc1)[C@H]1CCc2cc3nc(CO)[nH]c(=O)c3cc21. The molecule has 0 bridgehead atoms. The number of anilines is 1. The molecule has 27 heavy (non-hydrogen) atoms. The lowest BCUT2D eigenvalue weighted by molar-refractivity contribution is 0.271. The first-order valence-electron chi connectivity index (χ1n) is 9.04. The Hall–Kier alpha value is -3.10. The normalized spacial score (nSPS) is 15.5. The van der Waals surface area contributed by atoms with Gasteiger partial charge in [0.15, 0.2) is 0 Å². The summed E-state index contributed by atoms with van der Waals surface area (Å²) in [6.45, 7) is 2.28. The second-order valence-electron chi connectivity index (χ2n) is 6.96. The van der Waals surface area contributed by atoms with Crippen molar-refractivity contribution in [1.82, 2.24) is 9.97 Å². The predicted molar refractivity (Wildman–Crippen MR) is 107 cm³/mol. The summed E-state index contributed by atoms with van der Waals surface area (Å²) >= 11 is 0. The van der Waals surface area contributed by atoms with Crippen LogP contribution in [-0.2, 0) is 13.0 Å². The van der Waals surface area contributed by atoms with Crippen LogP contribution in [0, 0.1) is 19.3 Å². The van der Waals surface area contributed by atoms with E-state index in [0.717, 1.165) is 24.1 Å². The van der Waals surface area contributed by atoms with Gasteiger partial charge in [0.2, 0.25) is 0 Å². The van der Waals surface area contributed by atoms with Crippen LogP contribution in [-0.4, -0.2) is 21.6 Å². The fraction of sp³-hybridized carbons (Fsp3) is 0.273. The lowest BCUT2D eigenvalue weighted by atomic mass is 10.0. The van der Waals surface area contributed by atoms with Crippen LogP contribution in [0.25, 0.3) is 10.9 Å². The van der Waals surface area contributed by atoms with Crippen molar-refractivity contribution in [1.29, 1.82) is 0 Å². The minimum Gasteiger partial charge on any atom is -0.388 e. The van der Waals surface area contributed by atoms with Crippen LogP contribution in [0.2, 0.25) is 0 Å². The molecule has 1 aromatic heterocycles. The first-order chi connectivity index (χ1) is 13.1. The molecule has 0 amide bonds. The molecule has 2 N–H and O–H groups in total. The summed E-state index contributed by atoms with van der Waals surface area (Å²) in [5.41, 5.74) is 5.00. The van der Waals surface area contributed by atoms with Crippen molar-refractivity contribution in [3.63, 3.8) is 0 Å². The molecule has 0 spiro atoms. The minimum atomic E-state index is -0.283. The van der Waals surface area contributed by atoms with Crippen molar-refractivity contribution in [2.75, 3.05) is 11.4 Å². The lowest BCUT2D eigenvalue weighted by Gasteiger charge is -2.30. The van der Waals surface area contributed by atoms with Crippen LogP contribution in [0.5, 0.6) is 0 Å². The molecule has 2 aromatic carbocycles. The zero-order valence-corrected chi connectivity index (χ0v) is 15.2. The van der Waals surface area contributed by atoms with E-state index in [1.807, 2.05) is 12.1 Å². The highest BCUT2D eigenvalue weighted by molar-refractivity contribution is 5.80. The van der Waals surface area contributed by atoms with Crippen LogP contribution in [0.1, 0.15) is 35.0 Å². The molecule has 1 aliphatic carbocycles. The monoisotopic (exact) mass is 359 g/mol. The summed E-state index contributed by atoms with van der Waals surface area (Å²) in [4.78, 5) is 21.6. The largest absolute Gasteiger partial charge is 0.388 e. The number of hydrogen-bond acceptors (Lipinski definition) is 4. The molecule has 3 aromatic rings. The molecular weight excluding hydrogens is 338 g/mol. The van der Waals surface area contributed by atoms with Crippen molar-refractivity contribution in [2.45, 2.75) is 32.4 Å². The first-order valence-corrected chi connectivity index (χ1v) is 9.04. The molecular formula is C22H21N3O2. The maximum Gasteiger partial charge on any atom is 0.258 e. The fourth-order valence-corrected chi connectivity index (χ4v) is 3.88. The number of H-pyrrole nitrogens is 1. The summed E-state index contributed by atoms with van der Waals surface area (Å²) in [6, 6.07) is 12.4. The van der Waals surface area contributed by atoms with Gasteiger partial charge in [-0.1, -0.05) is 23.6 Å². The van der Waals surface area contributed by atoms with Gasteiger partial charge in [0.05, 0.1) is 23.5 Å². The molecule has 5 nitrogen and oxygen atoms in total. The van der Waals surface area contributed by atoms with Crippen LogP contribution in [0.4, 0.5) is 5.69 Å². The van der Waals surface area contributed by atoms with Crippen molar-refractivity contribution in [2.24, 2.45) is 0 Å². The molecule has 1 aliphatic rings. The Bertz CT molecular complexity index is 1090. The first kappa shape index (κ1) is 17.3. The van der Waals surface area contributed by atoms with Gasteiger partial charge in [0, 0.05) is 5.69 Å². The van der Waals surface area contributed by atoms with E-state index < -0.39 is 0 Å². The van der Waals surface area contributed by atoms with Gasteiger partial charge in [-0.25, -0.2) is 4.98 Å². The number of terminal acetylenes is 1. The molecule has 4 rings (SSSR count). The van der Waals surface area contributed by atoms with Crippen molar-refractivity contribution >= 4 is 16.6 Å². The van der Waals surface area contributed by atoms with Gasteiger partial charge < -0.3 is 15.0 Å². The molecule has 1 heterocycles. The maximum atomic E-state index is 12.4. The van der Waals surface area contributed by atoms with Crippen LogP contribution in [0.15, 0.2) is 41.2 Å². The van der Waals surface area contributed by atoms with Gasteiger partial charge in [-0.15, -0.1) is 6.42 Å². The summed E-state index contributed by atoms with van der Waals surface area (Å²) in [5, 5.41) is 9.82. The standard InChI is InChI=1S/C22H21N3O2/c1-3-10-25(16-7-4-14(2)5-8-16)20-9-6-15-11-19-18(12-17(15)20)22(27)24-21(13-26)23-19/h1,4-5,7-8,11-12,20,26H,6,9-10,13H2,2H3,(H,23,24,27)/t20-/m0/s1. The zero-order valence-electron chi connectivity index (χ0n) is 15.2. The third-order valence-electron chi connectivity index (χ3n) is 5.21. The number of rotatable bonds is 4. The number of aliphatic hydroxyl groups excluding tert-OH is 1. The summed E-state index contributed by atoms with van der Waals surface area (Å²) in [5.74, 6) is 3.06. The van der Waals surface area contributed by atoms with E-state index in [4.69, 9.17) is 6.42 Å². The summed E-state index contributed by atoms with van der Waals surface area (Å²) < 4.78 is 0. The molecule has 0 fully saturated rings. The number of aromatic nitrogens is 2. The molecule has 1 atom stereocenters. The third kappa shape index (κ3) is 3.09. The van der Waals surface area contributed by atoms with Crippen molar-refractivity contribution in [3.05, 3.63) is 69.3 Å². The Balaban J connectivity index is 1.81. The van der Waals surface area contributed by atoms with Gasteiger partial charge in [-0.3, -0.25) is 4.79 Å². The van der Waals surface area contributed by atoms with Crippen molar-refractivity contribution < 1.29 is 5.11 Å². The second-order valence-corrected chi connectivity index (χ2v) is 6.96. The number of benzene rings is 2. The van der Waals surface area contributed by atoms with Crippen LogP contribution < -0.4 is 10.5 Å². The molecule has 0 unspecified atom stereocenters. The molecule has 0 saturated heterocycles. The highest BCUT2D eigenvalue weighted by atomic mass is 16.3. The minimum absolute atomic E-state index is 0.125. The third-order valence-corrected chi connectivity index (χ3v) is 5.21. The van der Waals surface area contributed by atoms with E-state index in [0.29, 0.717) is 17.4 Å². The van der Waals surface area contributed by atoms with E-state index in [9.17, 15) is 9.90 Å². The highest BCUT2D eigenvalue weighted by Gasteiger charge is 2.29. The Morgan fingerprint density at radius 3 is 2.81 bits per heavy atom. The van der Waals surface area contributed by atoms with Gasteiger partial charge in [-0.05, 0) is 55.2 Å². The van der Waals surface area contributed by atoms with Crippen LogP contribution in [0.3, 0.4) is 0 Å². The molecule has 0 saturated carbocycles. The fourth-order valence-electron chi connectivity index (χ4n) is 3.88. The molecule has 0 aliphatic heterocycles. The van der Waals surface area contributed by atoms with Gasteiger partial charge >= 0.3 is 0 Å². The molecule has 0 radical (unpaired) electrons. The number of aliphatic hydroxyl groups is 1. The smallest absolute Gasteiger partial charge is 0.258 e. The number of nitrogens with zero attached hydrogens (tertiary/aromatic N) is 2. The topological polar surface area (TPSA) is 69.2 Å². The van der Waals surface area contributed by atoms with E-state index in [1.54, 1.807) is 0 Å². The number of nitrogens with one attached hydrogen (secondary N) is 1. The number of fused-ring (bicyclic) bond motifs is 2. The molecule has 5 heteroatoms. The summed E-state index contributed by atoms with van der Waals surface area (Å²) in [7, 11) is 0. The van der Waals surface area contributed by atoms with Gasteiger partial charge in [0.1, 0.15) is 12.4 Å². The van der Waals surface area contributed by atoms with E-state index in [2.05, 4.69) is 52.0 Å². The van der Waals surface area contributed by atoms with E-state index in [-0.39, 0.29) is 24.0 Å². The average molecular weight is 359 g/mol. The Kier molecular flexibility index (Phi) is 4.43. The Labute approximate surface area is 157 Å². The highest BCUT2D eigenvalue weighted by Crippen LogP contribution is 2.39. The van der Waals surface area contributed by atoms with Gasteiger partial charge in [-0.2, -0.15) is 0 Å². The van der Waals surface area contributed by atoms with Gasteiger partial charge in [0.25, 0.3) is 5.56 Å². The lowest BCUT2D eigenvalue weighted by Crippen LogP contribution is -2.27. The van der Waals surface area contributed by atoms with E-state index >= 15 is 0 Å². The number of aryl methyl sites for hydroxylation is 2. The number of hydrogen-bond donors (Lipinski definition) is 2. The maximum absolute atomic E-state index is 12.4.